The number of hydrogen-bond acceptors (Lipinski definition) is 4. The van der Waals surface area contributed by atoms with Gasteiger partial charge in [0.15, 0.2) is 0 Å². The largest absolute Gasteiger partial charge is 0.322 e. The third kappa shape index (κ3) is 4.39. The Morgan fingerprint density at radius 1 is 0.812 bits per heavy atom. The van der Waals surface area contributed by atoms with E-state index >= 15 is 0 Å². The topological polar surface area (TPSA) is 88.9 Å². The summed E-state index contributed by atoms with van der Waals surface area (Å²) in [4.78, 5) is 29.5. The summed E-state index contributed by atoms with van der Waals surface area (Å²) in [6, 6.07) is 19.8. The first-order chi connectivity index (χ1) is 15.4. The van der Waals surface area contributed by atoms with Gasteiger partial charge in [0.05, 0.1) is 5.69 Å². The second-order valence-electron chi connectivity index (χ2n) is 7.12. The predicted octanol–water partition coefficient (Wildman–Crippen LogP) is 4.53. The summed E-state index contributed by atoms with van der Waals surface area (Å²) in [6.07, 6.45) is 0. The van der Waals surface area contributed by atoms with Gasteiger partial charge in [0.1, 0.15) is 11.6 Å². The van der Waals surface area contributed by atoms with Crippen LogP contribution in [0, 0.1) is 19.7 Å². The van der Waals surface area contributed by atoms with Crippen molar-refractivity contribution in [2.24, 2.45) is 0 Å². The fourth-order valence-corrected chi connectivity index (χ4v) is 3.18. The molecule has 0 aliphatic carbocycles. The minimum absolute atomic E-state index is 0.0232. The van der Waals surface area contributed by atoms with Crippen LogP contribution in [0.25, 0.3) is 5.69 Å². The summed E-state index contributed by atoms with van der Waals surface area (Å²) >= 11 is 0. The lowest BCUT2D eigenvalue weighted by atomic mass is 10.1. The zero-order valence-electron chi connectivity index (χ0n) is 17.5. The average molecular weight is 429 g/mol. The molecule has 0 saturated heterocycles. The summed E-state index contributed by atoms with van der Waals surface area (Å²) in [5.74, 6) is -0.636. The smallest absolute Gasteiger partial charge is 0.295 e. The van der Waals surface area contributed by atoms with Crippen molar-refractivity contribution in [2.45, 2.75) is 13.8 Å². The molecule has 0 bridgehead atoms. The van der Waals surface area contributed by atoms with Gasteiger partial charge >= 0.3 is 0 Å². The second-order valence-corrected chi connectivity index (χ2v) is 7.12. The Balaban J connectivity index is 1.53. The molecule has 4 aromatic rings. The number of nitrogens with one attached hydrogen (secondary N) is 2. The molecule has 0 spiro atoms. The van der Waals surface area contributed by atoms with E-state index in [1.165, 1.54) is 16.8 Å². The maximum Gasteiger partial charge on any atom is 0.295 e. The van der Waals surface area contributed by atoms with Crippen LogP contribution in [0.4, 0.5) is 15.8 Å². The minimum atomic E-state index is -0.497. The Hall–Kier alpha value is -4.33. The van der Waals surface area contributed by atoms with Crippen molar-refractivity contribution >= 4 is 23.2 Å². The zero-order valence-corrected chi connectivity index (χ0v) is 17.5. The van der Waals surface area contributed by atoms with Gasteiger partial charge in [-0.1, -0.05) is 24.3 Å². The van der Waals surface area contributed by atoms with Crippen molar-refractivity contribution in [2.75, 3.05) is 10.6 Å². The van der Waals surface area contributed by atoms with Crippen LogP contribution in [0.1, 0.15) is 32.4 Å². The number of halogens is 1. The first-order valence-corrected chi connectivity index (χ1v) is 9.89. The first kappa shape index (κ1) is 20.9. The third-order valence-electron chi connectivity index (χ3n) is 4.91. The predicted molar refractivity (Wildman–Crippen MR) is 120 cm³/mol. The monoisotopic (exact) mass is 429 g/mol. The number of hydrogen-bond donors (Lipinski definition) is 2. The van der Waals surface area contributed by atoms with Crippen molar-refractivity contribution < 1.29 is 14.0 Å². The van der Waals surface area contributed by atoms with E-state index < -0.39 is 5.91 Å². The molecule has 3 aromatic carbocycles. The van der Waals surface area contributed by atoms with Gasteiger partial charge < -0.3 is 10.6 Å². The van der Waals surface area contributed by atoms with E-state index in [0.717, 1.165) is 0 Å². The molecule has 2 amide bonds. The van der Waals surface area contributed by atoms with Crippen molar-refractivity contribution in [3.8, 4) is 5.69 Å². The Morgan fingerprint density at radius 2 is 1.44 bits per heavy atom. The summed E-state index contributed by atoms with van der Waals surface area (Å²) in [7, 11) is 0. The van der Waals surface area contributed by atoms with Gasteiger partial charge in [0.25, 0.3) is 11.8 Å². The van der Waals surface area contributed by atoms with Gasteiger partial charge in [-0.05, 0) is 67.9 Å². The Kier molecular flexibility index (Phi) is 5.76. The van der Waals surface area contributed by atoms with Crippen LogP contribution >= 0.6 is 0 Å². The van der Waals surface area contributed by atoms with Gasteiger partial charge in [0, 0.05) is 16.9 Å². The van der Waals surface area contributed by atoms with E-state index in [9.17, 15) is 14.0 Å². The van der Waals surface area contributed by atoms with E-state index in [1.807, 2.05) is 6.07 Å². The van der Waals surface area contributed by atoms with E-state index in [-0.39, 0.29) is 17.5 Å². The maximum absolute atomic E-state index is 13.2. The molecule has 160 valence electrons. The van der Waals surface area contributed by atoms with E-state index in [4.69, 9.17) is 0 Å². The molecular formula is C24H20FN5O2. The molecule has 0 aliphatic rings. The quantitative estimate of drug-likeness (QED) is 0.488. The second kappa shape index (κ2) is 8.81. The summed E-state index contributed by atoms with van der Waals surface area (Å²) in [5.41, 5.74) is 2.93. The van der Waals surface area contributed by atoms with Gasteiger partial charge in [-0.15, -0.1) is 5.10 Å². The molecule has 7 nitrogen and oxygen atoms in total. The highest BCUT2D eigenvalue weighted by Crippen LogP contribution is 2.24. The number of nitrogens with zero attached hydrogens (tertiary/aromatic N) is 3. The van der Waals surface area contributed by atoms with E-state index in [1.54, 1.807) is 68.4 Å². The number of carbonyl (C=O) groups excluding carboxylic acids is 2. The van der Waals surface area contributed by atoms with Crippen molar-refractivity contribution in [1.82, 2.24) is 14.8 Å². The molecule has 32 heavy (non-hydrogen) atoms. The van der Waals surface area contributed by atoms with Crippen LogP contribution in [0.3, 0.4) is 0 Å². The number of amides is 2. The fraction of sp³-hybridized carbons (Fsp3) is 0.0833. The maximum atomic E-state index is 13.2. The van der Waals surface area contributed by atoms with Crippen molar-refractivity contribution in [3.63, 3.8) is 0 Å². The Labute approximate surface area is 183 Å². The third-order valence-corrected chi connectivity index (χ3v) is 4.91. The first-order valence-electron chi connectivity index (χ1n) is 9.89. The highest BCUT2D eigenvalue weighted by molar-refractivity contribution is 6.06. The number of carbonyl (C=O) groups is 2. The summed E-state index contributed by atoms with van der Waals surface area (Å²) in [5, 5.41) is 9.90. The van der Waals surface area contributed by atoms with Crippen LogP contribution in [-0.2, 0) is 0 Å². The molecule has 0 radical (unpaired) electrons. The lowest BCUT2D eigenvalue weighted by Crippen LogP contribution is -2.17. The van der Waals surface area contributed by atoms with Crippen LogP contribution in [0.15, 0.2) is 72.8 Å². The average Bonchev–Trinajstić information content (AvgIpc) is 3.19. The van der Waals surface area contributed by atoms with Crippen LogP contribution in [0.2, 0.25) is 0 Å². The molecule has 0 fully saturated rings. The summed E-state index contributed by atoms with van der Waals surface area (Å²) < 4.78 is 14.7. The van der Waals surface area contributed by atoms with E-state index in [2.05, 4.69) is 20.7 Å². The molecule has 0 atom stereocenters. The Bertz CT molecular complexity index is 1280. The Morgan fingerprint density at radius 3 is 2.09 bits per heavy atom. The number of benzene rings is 3. The normalized spacial score (nSPS) is 10.6. The van der Waals surface area contributed by atoms with E-state index in [0.29, 0.717) is 34.0 Å². The van der Waals surface area contributed by atoms with Gasteiger partial charge in [-0.25, -0.2) is 14.1 Å². The number of anilines is 2. The molecular weight excluding hydrogens is 409 g/mol. The highest BCUT2D eigenvalue weighted by atomic mass is 19.1. The summed E-state index contributed by atoms with van der Waals surface area (Å²) in [6.45, 7) is 3.50. The van der Waals surface area contributed by atoms with Gasteiger partial charge in [-0.2, -0.15) is 0 Å². The number of rotatable bonds is 5. The minimum Gasteiger partial charge on any atom is -0.322 e. The number of aryl methyl sites for hydroxylation is 1. The standard InChI is InChI=1S/C24H20FN5O2/c1-15-20(27-23(31)17-7-4-3-5-8-17)9-6-10-21(15)28-24(32)22-26-16(2)30(29-22)19-13-11-18(25)12-14-19/h3-14H,1-2H3,(H,27,31)(H,28,32). The van der Waals surface area contributed by atoms with Crippen LogP contribution in [0.5, 0.6) is 0 Å². The van der Waals surface area contributed by atoms with Crippen LogP contribution in [-0.4, -0.2) is 26.6 Å². The molecule has 0 saturated carbocycles. The van der Waals surface area contributed by atoms with Gasteiger partial charge in [0.2, 0.25) is 5.82 Å². The molecule has 8 heteroatoms. The van der Waals surface area contributed by atoms with Gasteiger partial charge in [-0.3, -0.25) is 9.59 Å². The van der Waals surface area contributed by atoms with Crippen molar-refractivity contribution in [3.05, 3.63) is 101 Å². The molecule has 1 aromatic heterocycles. The SMILES string of the molecule is Cc1c(NC(=O)c2ccccc2)cccc1NC(=O)c1nc(C)n(-c2ccc(F)cc2)n1. The molecule has 4 rings (SSSR count). The molecule has 0 unspecified atom stereocenters. The lowest BCUT2D eigenvalue weighted by Gasteiger charge is -2.13. The van der Waals surface area contributed by atoms with Crippen molar-refractivity contribution in [1.29, 1.82) is 0 Å². The molecule has 2 N–H and O–H groups in total. The highest BCUT2D eigenvalue weighted by Gasteiger charge is 2.17. The van der Waals surface area contributed by atoms with Crippen LogP contribution < -0.4 is 10.6 Å². The fourth-order valence-electron chi connectivity index (χ4n) is 3.18. The number of aromatic nitrogens is 3. The molecule has 1 heterocycles. The molecule has 0 aliphatic heterocycles. The lowest BCUT2D eigenvalue weighted by molar-refractivity contribution is 0.101. The zero-order chi connectivity index (χ0) is 22.7.